The van der Waals surface area contributed by atoms with E-state index in [-0.39, 0.29) is 17.9 Å². The third-order valence-electron chi connectivity index (χ3n) is 5.38. The minimum atomic E-state index is -0.994. The van der Waals surface area contributed by atoms with E-state index < -0.39 is 29.7 Å². The first-order valence-corrected chi connectivity index (χ1v) is 9.74. The summed E-state index contributed by atoms with van der Waals surface area (Å²) in [5.41, 5.74) is 0.475. The van der Waals surface area contributed by atoms with Crippen molar-refractivity contribution < 1.29 is 24.2 Å². The van der Waals surface area contributed by atoms with Gasteiger partial charge in [-0.1, -0.05) is 30.3 Å². The molecule has 2 aliphatic heterocycles. The molecule has 7 heteroatoms. The molecule has 0 bridgehead atoms. The van der Waals surface area contributed by atoms with Crippen LogP contribution in [0.5, 0.6) is 0 Å². The Kier molecular flexibility index (Phi) is 5.63. The maximum atomic E-state index is 13.0. The smallest absolute Gasteiger partial charge is 0.408 e. The molecule has 0 aromatic heterocycles. The van der Waals surface area contributed by atoms with Crippen molar-refractivity contribution in [2.45, 2.75) is 70.2 Å². The molecule has 1 aromatic rings. The largest absolute Gasteiger partial charge is 0.480 e. The van der Waals surface area contributed by atoms with Crippen LogP contribution >= 0.6 is 0 Å². The van der Waals surface area contributed by atoms with Crippen LogP contribution in [0.15, 0.2) is 30.3 Å². The Morgan fingerprint density at radius 1 is 1.21 bits per heavy atom. The predicted octanol–water partition coefficient (Wildman–Crippen LogP) is 2.59. The molecule has 2 fully saturated rings. The fraction of sp³-hybridized carbons (Fsp3) is 0.571. The van der Waals surface area contributed by atoms with Gasteiger partial charge in [0.15, 0.2) is 0 Å². The lowest BCUT2D eigenvalue weighted by Crippen LogP contribution is -2.58. The molecule has 7 nitrogen and oxygen atoms in total. The van der Waals surface area contributed by atoms with Crippen molar-refractivity contribution >= 4 is 18.0 Å². The monoisotopic (exact) mass is 388 g/mol. The van der Waals surface area contributed by atoms with Gasteiger partial charge >= 0.3 is 12.1 Å². The Labute approximate surface area is 165 Å². The number of hydrogen-bond acceptors (Lipinski definition) is 4. The summed E-state index contributed by atoms with van der Waals surface area (Å²) < 4.78 is 5.24. The predicted molar refractivity (Wildman–Crippen MR) is 103 cm³/mol. The number of carbonyl (C=O) groups is 3. The van der Waals surface area contributed by atoms with Crippen LogP contribution in [-0.2, 0) is 20.7 Å². The van der Waals surface area contributed by atoms with E-state index >= 15 is 0 Å². The lowest BCUT2D eigenvalue weighted by atomic mass is 9.86. The fourth-order valence-electron chi connectivity index (χ4n) is 4.29. The summed E-state index contributed by atoms with van der Waals surface area (Å²) in [6.45, 7) is 5.25. The van der Waals surface area contributed by atoms with Crippen molar-refractivity contribution in [1.82, 2.24) is 10.2 Å². The van der Waals surface area contributed by atoms with E-state index in [2.05, 4.69) is 5.32 Å². The average Bonchev–Trinajstić information content (AvgIpc) is 2.96. The van der Waals surface area contributed by atoms with Gasteiger partial charge in [-0.2, -0.15) is 0 Å². The summed E-state index contributed by atoms with van der Waals surface area (Å²) >= 11 is 0. The van der Waals surface area contributed by atoms with Gasteiger partial charge < -0.3 is 20.1 Å². The number of nitrogens with one attached hydrogen (secondary N) is 1. The Balaban J connectivity index is 1.73. The SMILES string of the molecule is CC(C)(C)OC(=O)N[C@H]1CC[C@H]2[C@@H](Cc3ccccc3)C[C@@H](C(=O)O)N2C1=O. The average molecular weight is 388 g/mol. The number of carbonyl (C=O) groups excluding carboxylic acids is 2. The molecule has 2 heterocycles. The number of hydrogen-bond donors (Lipinski definition) is 2. The molecule has 0 saturated carbocycles. The third kappa shape index (κ3) is 4.46. The van der Waals surface area contributed by atoms with E-state index in [0.717, 1.165) is 12.0 Å². The number of ether oxygens (including phenoxy) is 1. The van der Waals surface area contributed by atoms with Crippen molar-refractivity contribution in [2.24, 2.45) is 5.92 Å². The molecule has 0 aliphatic carbocycles. The van der Waals surface area contributed by atoms with E-state index in [1.807, 2.05) is 30.3 Å². The highest BCUT2D eigenvalue weighted by atomic mass is 16.6. The fourth-order valence-corrected chi connectivity index (χ4v) is 4.29. The number of carboxylic acid groups (broad SMARTS) is 1. The molecule has 1 aromatic carbocycles. The molecule has 3 rings (SSSR count). The highest BCUT2D eigenvalue weighted by molar-refractivity contribution is 5.90. The molecule has 28 heavy (non-hydrogen) atoms. The summed E-state index contributed by atoms with van der Waals surface area (Å²) in [5, 5.41) is 12.3. The van der Waals surface area contributed by atoms with Crippen molar-refractivity contribution in [3.63, 3.8) is 0 Å². The molecule has 4 atom stereocenters. The van der Waals surface area contributed by atoms with E-state index in [0.29, 0.717) is 19.3 Å². The Morgan fingerprint density at radius 2 is 1.89 bits per heavy atom. The molecule has 152 valence electrons. The van der Waals surface area contributed by atoms with Gasteiger partial charge in [0.2, 0.25) is 5.91 Å². The number of fused-ring (bicyclic) bond motifs is 1. The standard InChI is InChI=1S/C21H28N2O5/c1-21(2,3)28-20(27)22-15-9-10-16-14(11-13-7-5-4-6-8-13)12-17(19(25)26)23(16)18(15)24/h4-8,14-17H,9-12H2,1-3H3,(H,22,27)(H,25,26)/t14-,15-,16-,17-/m0/s1. The van der Waals surface area contributed by atoms with Gasteiger partial charge in [-0.25, -0.2) is 9.59 Å². The lowest BCUT2D eigenvalue weighted by molar-refractivity contribution is -0.152. The number of piperidine rings is 1. The molecular weight excluding hydrogens is 360 g/mol. The maximum Gasteiger partial charge on any atom is 0.408 e. The summed E-state index contributed by atoms with van der Waals surface area (Å²) in [6, 6.07) is 8.20. The number of nitrogens with zero attached hydrogens (tertiary/aromatic N) is 1. The van der Waals surface area contributed by atoms with Gasteiger partial charge in [-0.15, -0.1) is 0 Å². The number of alkyl carbamates (subject to hydrolysis) is 1. The molecular formula is C21H28N2O5. The topological polar surface area (TPSA) is 95.9 Å². The quantitative estimate of drug-likeness (QED) is 0.827. The zero-order valence-corrected chi connectivity index (χ0v) is 16.6. The van der Waals surface area contributed by atoms with Crippen LogP contribution in [-0.4, -0.2) is 51.7 Å². The van der Waals surface area contributed by atoms with Crippen LogP contribution in [0.25, 0.3) is 0 Å². The second-order valence-corrected chi connectivity index (χ2v) is 8.63. The van der Waals surface area contributed by atoms with E-state index in [1.54, 1.807) is 20.8 Å². The normalized spacial score (nSPS) is 27.2. The zero-order chi connectivity index (χ0) is 20.5. The molecule has 2 aliphatic rings. The first-order chi connectivity index (χ1) is 13.2. The number of benzene rings is 1. The number of amides is 2. The first-order valence-electron chi connectivity index (χ1n) is 9.74. The number of rotatable bonds is 4. The number of carboxylic acids is 1. The van der Waals surface area contributed by atoms with Crippen molar-refractivity contribution in [1.29, 1.82) is 0 Å². The second kappa shape index (κ2) is 7.81. The molecule has 0 unspecified atom stereocenters. The summed E-state index contributed by atoms with van der Waals surface area (Å²) in [6.07, 6.45) is 1.66. The Hall–Kier alpha value is -2.57. The van der Waals surface area contributed by atoms with Crippen LogP contribution in [0.3, 0.4) is 0 Å². The molecule has 0 radical (unpaired) electrons. The Bertz CT molecular complexity index is 743. The second-order valence-electron chi connectivity index (χ2n) is 8.63. The highest BCUT2D eigenvalue weighted by Crippen LogP contribution is 2.38. The minimum absolute atomic E-state index is 0.0925. The Morgan fingerprint density at radius 3 is 2.50 bits per heavy atom. The summed E-state index contributed by atoms with van der Waals surface area (Å²) in [7, 11) is 0. The van der Waals surface area contributed by atoms with Gasteiger partial charge in [0.05, 0.1) is 0 Å². The lowest BCUT2D eigenvalue weighted by Gasteiger charge is -2.38. The summed E-state index contributed by atoms with van der Waals surface area (Å²) in [5.74, 6) is -1.23. The van der Waals surface area contributed by atoms with Crippen molar-refractivity contribution in [3.05, 3.63) is 35.9 Å². The van der Waals surface area contributed by atoms with Gasteiger partial charge in [0, 0.05) is 6.04 Å². The van der Waals surface area contributed by atoms with E-state index in [9.17, 15) is 19.5 Å². The molecule has 2 N–H and O–H groups in total. The number of aliphatic carboxylic acids is 1. The molecule has 2 amide bonds. The maximum absolute atomic E-state index is 13.0. The van der Waals surface area contributed by atoms with Gasteiger partial charge in [-0.3, -0.25) is 4.79 Å². The van der Waals surface area contributed by atoms with Crippen LogP contribution in [0.4, 0.5) is 4.79 Å². The zero-order valence-electron chi connectivity index (χ0n) is 16.6. The van der Waals surface area contributed by atoms with Crippen LogP contribution < -0.4 is 5.32 Å². The first kappa shape index (κ1) is 20.2. The molecule has 0 spiro atoms. The van der Waals surface area contributed by atoms with Crippen LogP contribution in [0.1, 0.15) is 45.6 Å². The molecule has 2 saturated heterocycles. The third-order valence-corrected chi connectivity index (χ3v) is 5.38. The van der Waals surface area contributed by atoms with Gasteiger partial charge in [-0.05, 0) is 57.9 Å². The highest BCUT2D eigenvalue weighted by Gasteiger charge is 2.51. The van der Waals surface area contributed by atoms with Crippen LogP contribution in [0, 0.1) is 5.92 Å². The summed E-state index contributed by atoms with van der Waals surface area (Å²) in [4.78, 5) is 38.4. The minimum Gasteiger partial charge on any atom is -0.480 e. The van der Waals surface area contributed by atoms with E-state index in [4.69, 9.17) is 4.74 Å². The van der Waals surface area contributed by atoms with Crippen molar-refractivity contribution in [3.8, 4) is 0 Å². The van der Waals surface area contributed by atoms with Crippen LogP contribution in [0.2, 0.25) is 0 Å². The van der Waals surface area contributed by atoms with Gasteiger partial charge in [0.1, 0.15) is 17.7 Å². The van der Waals surface area contributed by atoms with Gasteiger partial charge in [0.25, 0.3) is 0 Å². The van der Waals surface area contributed by atoms with E-state index in [1.165, 1.54) is 4.90 Å². The van der Waals surface area contributed by atoms with Crippen molar-refractivity contribution in [2.75, 3.05) is 0 Å².